The monoisotopic (exact) mass is 255 g/mol. The number of primary amides is 1. The van der Waals surface area contributed by atoms with Crippen molar-refractivity contribution in [2.75, 3.05) is 6.54 Å². The van der Waals surface area contributed by atoms with Gasteiger partial charge in [0, 0.05) is 6.42 Å². The van der Waals surface area contributed by atoms with Crippen LogP contribution in [0.1, 0.15) is 5.69 Å². The van der Waals surface area contributed by atoms with Crippen LogP contribution in [-0.2, 0) is 16.0 Å². The zero-order valence-corrected chi connectivity index (χ0v) is 9.36. The summed E-state index contributed by atoms with van der Waals surface area (Å²) in [4.78, 5) is 38.0. The fourth-order valence-electron chi connectivity index (χ4n) is 1.26. The molecule has 0 aromatic carbocycles. The number of carbonyl (C=O) groups excluding carboxylic acids is 3. The van der Waals surface area contributed by atoms with E-state index in [1.54, 1.807) is 6.20 Å². The van der Waals surface area contributed by atoms with Crippen molar-refractivity contribution in [1.82, 2.24) is 15.6 Å². The highest BCUT2D eigenvalue weighted by Gasteiger charge is 2.16. The second-order valence-electron chi connectivity index (χ2n) is 3.49. The van der Waals surface area contributed by atoms with Crippen molar-refractivity contribution in [1.29, 1.82) is 0 Å². The Hall–Kier alpha value is -2.58. The summed E-state index contributed by atoms with van der Waals surface area (Å²) in [7, 11) is 0. The molecule has 9 heteroatoms. The predicted octanol–water partition coefficient (Wildman–Crippen LogP) is -3.73. The number of H-pyrrole nitrogens is 2. The third-order valence-electron chi connectivity index (χ3n) is 2.07. The van der Waals surface area contributed by atoms with Gasteiger partial charge in [-0.1, -0.05) is 0 Å². The number of rotatable bonds is 6. The van der Waals surface area contributed by atoms with E-state index in [-0.39, 0.29) is 6.42 Å². The topological polar surface area (TPSA) is 154 Å². The number of nitrogens with two attached hydrogens (primary N) is 1. The Morgan fingerprint density at radius 1 is 1.50 bits per heavy atom. The van der Waals surface area contributed by atoms with Gasteiger partial charge in [0.1, 0.15) is 11.9 Å². The van der Waals surface area contributed by atoms with E-state index >= 15 is 0 Å². The largest absolute Gasteiger partial charge is 0.548 e. The lowest BCUT2D eigenvalue weighted by Gasteiger charge is -2.18. The molecule has 0 saturated carbocycles. The molecule has 18 heavy (non-hydrogen) atoms. The summed E-state index contributed by atoms with van der Waals surface area (Å²) in [5.41, 5.74) is 5.36. The Labute approximate surface area is 102 Å². The van der Waals surface area contributed by atoms with Crippen LogP contribution in [0.2, 0.25) is 0 Å². The molecule has 0 spiro atoms. The molecule has 0 aliphatic carbocycles. The van der Waals surface area contributed by atoms with Crippen molar-refractivity contribution >= 4 is 17.9 Å². The number of nitrogens with one attached hydrogen (secondary N) is 4. The van der Waals surface area contributed by atoms with E-state index in [0.717, 1.165) is 0 Å². The van der Waals surface area contributed by atoms with Crippen LogP contribution in [0.5, 0.6) is 0 Å². The molecule has 98 valence electrons. The lowest BCUT2D eigenvalue weighted by Crippen LogP contribution is -2.51. The van der Waals surface area contributed by atoms with Crippen LogP contribution in [0.15, 0.2) is 12.5 Å². The van der Waals surface area contributed by atoms with E-state index < -0.39 is 30.5 Å². The van der Waals surface area contributed by atoms with Gasteiger partial charge in [0.15, 0.2) is 0 Å². The summed E-state index contributed by atoms with van der Waals surface area (Å²) in [6, 6.07) is -2.06. The summed E-state index contributed by atoms with van der Waals surface area (Å²) in [5, 5.41) is 15.1. The molecule has 0 saturated heterocycles. The molecule has 1 aromatic heterocycles. The summed E-state index contributed by atoms with van der Waals surface area (Å²) >= 11 is 0. The smallest absolute Gasteiger partial charge is 0.312 e. The Bertz CT molecular complexity index is 430. The Morgan fingerprint density at radius 3 is 2.72 bits per heavy atom. The fraction of sp³-hybridized carbons (Fsp3) is 0.333. The van der Waals surface area contributed by atoms with Crippen LogP contribution < -0.4 is 26.5 Å². The molecule has 3 amide bonds. The third-order valence-corrected chi connectivity index (χ3v) is 2.07. The summed E-state index contributed by atoms with van der Waals surface area (Å²) in [5.74, 6) is -2.09. The lowest BCUT2D eigenvalue weighted by atomic mass is 10.1. The lowest BCUT2D eigenvalue weighted by molar-refractivity contribution is -0.376. The highest BCUT2D eigenvalue weighted by Crippen LogP contribution is 1.96. The number of urea groups is 1. The van der Waals surface area contributed by atoms with Gasteiger partial charge in [-0.2, -0.15) is 0 Å². The van der Waals surface area contributed by atoms with Gasteiger partial charge in [-0.15, -0.1) is 0 Å². The van der Waals surface area contributed by atoms with Gasteiger partial charge in [0.25, 0.3) is 0 Å². The number of carbonyl (C=O) groups is 3. The number of hydrogen-bond acceptors (Lipinski definition) is 4. The van der Waals surface area contributed by atoms with E-state index in [9.17, 15) is 19.5 Å². The van der Waals surface area contributed by atoms with Crippen LogP contribution in [0.4, 0.5) is 4.79 Å². The summed E-state index contributed by atoms with van der Waals surface area (Å²) < 4.78 is 0. The maximum atomic E-state index is 11.3. The van der Waals surface area contributed by atoms with Gasteiger partial charge in [0.2, 0.25) is 12.2 Å². The molecule has 1 heterocycles. The maximum absolute atomic E-state index is 11.3. The number of amides is 3. The predicted molar refractivity (Wildman–Crippen MR) is 55.6 cm³/mol. The van der Waals surface area contributed by atoms with E-state index in [1.165, 1.54) is 6.33 Å². The van der Waals surface area contributed by atoms with Crippen molar-refractivity contribution < 1.29 is 24.5 Å². The molecule has 1 aromatic rings. The van der Waals surface area contributed by atoms with Crippen LogP contribution in [0, 0.1) is 0 Å². The number of aromatic nitrogens is 2. The van der Waals surface area contributed by atoms with Crippen LogP contribution >= 0.6 is 0 Å². The summed E-state index contributed by atoms with van der Waals surface area (Å²) in [6.45, 7) is -0.393. The number of carboxylic acids is 1. The number of carboxylic acid groups (broad SMARTS) is 1. The molecular formula is C9H13N5O4. The van der Waals surface area contributed by atoms with Gasteiger partial charge >= 0.3 is 6.03 Å². The highest BCUT2D eigenvalue weighted by atomic mass is 16.4. The van der Waals surface area contributed by atoms with Crippen molar-refractivity contribution in [3.63, 3.8) is 0 Å². The minimum absolute atomic E-state index is 0.0359. The Morgan fingerprint density at radius 2 is 2.22 bits per heavy atom. The quantitative estimate of drug-likeness (QED) is 0.412. The molecule has 0 unspecified atom stereocenters. The van der Waals surface area contributed by atoms with Gasteiger partial charge < -0.3 is 26.3 Å². The normalized spacial score (nSPS) is 11.6. The van der Waals surface area contributed by atoms with Crippen molar-refractivity contribution in [2.24, 2.45) is 5.73 Å². The van der Waals surface area contributed by atoms with E-state index in [1.807, 2.05) is 5.32 Å². The first-order chi connectivity index (χ1) is 8.49. The van der Waals surface area contributed by atoms with E-state index in [2.05, 4.69) is 15.3 Å². The second-order valence-corrected chi connectivity index (χ2v) is 3.49. The number of hydrogen-bond donors (Lipinski definition) is 4. The average Bonchev–Trinajstić information content (AvgIpc) is 2.78. The molecule has 6 N–H and O–H groups in total. The molecule has 9 nitrogen and oxygen atoms in total. The average molecular weight is 255 g/mol. The standard InChI is InChI=1S/C9H13N5O4/c10-9(18)12-3-7(15)14-6(8(16)17)1-5-2-11-4-13-5/h2,4,6H,1,3H2,(H,11,13)(H,14,15)(H,16,17)(H3,10,12,18)/t6-/m0/s1. The molecule has 0 aliphatic rings. The van der Waals surface area contributed by atoms with E-state index in [0.29, 0.717) is 5.69 Å². The Kier molecular flexibility index (Phi) is 4.67. The first-order valence-electron chi connectivity index (χ1n) is 5.06. The van der Waals surface area contributed by atoms with Crippen molar-refractivity contribution in [2.45, 2.75) is 12.5 Å². The zero-order chi connectivity index (χ0) is 13.5. The number of aliphatic carboxylic acids is 1. The molecule has 0 bridgehead atoms. The van der Waals surface area contributed by atoms with Crippen LogP contribution in [0.3, 0.4) is 0 Å². The van der Waals surface area contributed by atoms with Gasteiger partial charge in [0.05, 0.1) is 18.6 Å². The molecule has 1 atom stereocenters. The van der Waals surface area contributed by atoms with Gasteiger partial charge in [-0.3, -0.25) is 9.78 Å². The second kappa shape index (κ2) is 6.23. The molecular weight excluding hydrogens is 242 g/mol. The van der Waals surface area contributed by atoms with Crippen molar-refractivity contribution in [3.8, 4) is 0 Å². The summed E-state index contributed by atoms with van der Waals surface area (Å²) in [6.07, 6.45) is 3.11. The third kappa shape index (κ3) is 4.51. The highest BCUT2D eigenvalue weighted by molar-refractivity contribution is 5.86. The maximum Gasteiger partial charge on any atom is 0.312 e. The Balaban J connectivity index is 2.50. The van der Waals surface area contributed by atoms with Crippen LogP contribution in [-0.4, -0.2) is 35.5 Å². The minimum atomic E-state index is -1.42. The van der Waals surface area contributed by atoms with E-state index in [4.69, 9.17) is 5.73 Å². The number of imidazole rings is 1. The number of aromatic amines is 2. The SMILES string of the molecule is NC(=O)NCC(=O)N[C@@H](Cc1c[nH+]c[nH]1)C(=O)[O-]. The van der Waals surface area contributed by atoms with Gasteiger partial charge in [-0.05, 0) is 0 Å². The molecule has 0 radical (unpaired) electrons. The minimum Gasteiger partial charge on any atom is -0.548 e. The first kappa shape index (κ1) is 13.5. The van der Waals surface area contributed by atoms with Gasteiger partial charge in [-0.25, -0.2) is 9.78 Å². The fourth-order valence-corrected chi connectivity index (χ4v) is 1.26. The van der Waals surface area contributed by atoms with Crippen molar-refractivity contribution in [3.05, 3.63) is 18.2 Å². The first-order valence-corrected chi connectivity index (χ1v) is 5.06. The zero-order valence-electron chi connectivity index (χ0n) is 9.36. The molecule has 1 rings (SSSR count). The molecule has 0 aliphatic heterocycles. The molecule has 0 fully saturated rings. The van der Waals surface area contributed by atoms with Crippen LogP contribution in [0.25, 0.3) is 0 Å².